The van der Waals surface area contributed by atoms with Gasteiger partial charge in [-0.3, -0.25) is 4.79 Å². The van der Waals surface area contributed by atoms with Crippen LogP contribution in [0.1, 0.15) is 24.3 Å². The summed E-state index contributed by atoms with van der Waals surface area (Å²) in [6.45, 7) is 2.31. The first kappa shape index (κ1) is 19.1. The Morgan fingerprint density at radius 1 is 1.30 bits per heavy atom. The molecule has 3 aromatic rings. The Morgan fingerprint density at radius 3 is 2.78 bits per heavy atom. The van der Waals surface area contributed by atoms with Gasteiger partial charge in [-0.1, -0.05) is 29.8 Å². The number of methoxy groups -OCH3 is 1. The zero-order valence-electron chi connectivity index (χ0n) is 15.1. The number of rotatable bonds is 8. The molecule has 2 aromatic carbocycles. The number of benzene rings is 2. The highest BCUT2D eigenvalue weighted by Gasteiger charge is 2.15. The van der Waals surface area contributed by atoms with Gasteiger partial charge < -0.3 is 24.9 Å². The van der Waals surface area contributed by atoms with Crippen LogP contribution in [-0.2, 0) is 11.3 Å². The van der Waals surface area contributed by atoms with E-state index < -0.39 is 5.91 Å². The van der Waals surface area contributed by atoms with Crippen molar-refractivity contribution in [3.05, 3.63) is 58.8 Å². The third-order valence-corrected chi connectivity index (χ3v) is 4.41. The van der Waals surface area contributed by atoms with Crippen LogP contribution in [0, 0.1) is 0 Å². The maximum atomic E-state index is 10.9. The SMILES string of the molecule is COc1cc(CNC(C)c2cc3ccccc3o2)cc(Cl)c1OCC(N)=O. The van der Waals surface area contributed by atoms with Gasteiger partial charge in [0.2, 0.25) is 0 Å². The Hall–Kier alpha value is -2.70. The molecule has 0 fully saturated rings. The monoisotopic (exact) mass is 388 g/mol. The van der Waals surface area contributed by atoms with E-state index in [1.807, 2.05) is 37.3 Å². The van der Waals surface area contributed by atoms with E-state index in [2.05, 4.69) is 5.32 Å². The lowest BCUT2D eigenvalue weighted by Gasteiger charge is -2.15. The molecule has 142 valence electrons. The first-order chi connectivity index (χ1) is 13.0. The van der Waals surface area contributed by atoms with Crippen molar-refractivity contribution in [2.75, 3.05) is 13.7 Å². The highest BCUT2D eigenvalue weighted by Crippen LogP contribution is 2.36. The number of nitrogens with two attached hydrogens (primary N) is 1. The summed E-state index contributed by atoms with van der Waals surface area (Å²) in [6.07, 6.45) is 0. The molecule has 3 N–H and O–H groups in total. The number of nitrogens with one attached hydrogen (secondary N) is 1. The van der Waals surface area contributed by atoms with E-state index in [1.54, 1.807) is 12.1 Å². The largest absolute Gasteiger partial charge is 0.493 e. The summed E-state index contributed by atoms with van der Waals surface area (Å²) in [5.41, 5.74) is 6.88. The minimum Gasteiger partial charge on any atom is -0.493 e. The summed E-state index contributed by atoms with van der Waals surface area (Å²) >= 11 is 6.28. The summed E-state index contributed by atoms with van der Waals surface area (Å²) in [6, 6.07) is 13.5. The van der Waals surface area contributed by atoms with Gasteiger partial charge in [0.1, 0.15) is 11.3 Å². The van der Waals surface area contributed by atoms with Crippen LogP contribution in [0.5, 0.6) is 11.5 Å². The molecule has 1 aromatic heterocycles. The Balaban J connectivity index is 1.71. The Labute approximate surface area is 162 Å². The van der Waals surface area contributed by atoms with Crippen molar-refractivity contribution < 1.29 is 18.7 Å². The van der Waals surface area contributed by atoms with E-state index >= 15 is 0 Å². The van der Waals surface area contributed by atoms with Gasteiger partial charge in [0.25, 0.3) is 5.91 Å². The van der Waals surface area contributed by atoms with E-state index in [1.165, 1.54) is 7.11 Å². The fourth-order valence-electron chi connectivity index (χ4n) is 2.75. The summed E-state index contributed by atoms with van der Waals surface area (Å²) in [4.78, 5) is 10.9. The molecule has 0 bridgehead atoms. The van der Waals surface area contributed by atoms with E-state index in [-0.39, 0.29) is 12.6 Å². The quantitative estimate of drug-likeness (QED) is 0.612. The number of halogens is 1. The van der Waals surface area contributed by atoms with Crippen LogP contribution in [0.2, 0.25) is 5.02 Å². The van der Waals surface area contributed by atoms with Gasteiger partial charge in [-0.2, -0.15) is 0 Å². The molecule has 1 heterocycles. The van der Waals surface area contributed by atoms with E-state index in [4.69, 9.17) is 31.2 Å². The normalized spacial score (nSPS) is 12.1. The molecule has 0 saturated heterocycles. The molecular formula is C20H21ClN2O4. The number of ether oxygens (including phenoxy) is 2. The van der Waals surface area contributed by atoms with Crippen LogP contribution in [-0.4, -0.2) is 19.6 Å². The number of carbonyl (C=O) groups excluding carboxylic acids is 1. The zero-order valence-corrected chi connectivity index (χ0v) is 15.9. The van der Waals surface area contributed by atoms with Gasteiger partial charge >= 0.3 is 0 Å². The Bertz CT molecular complexity index is 921. The highest BCUT2D eigenvalue weighted by atomic mass is 35.5. The predicted molar refractivity (Wildman–Crippen MR) is 104 cm³/mol. The topological polar surface area (TPSA) is 86.7 Å². The Morgan fingerprint density at radius 2 is 2.07 bits per heavy atom. The van der Waals surface area contributed by atoms with Crippen molar-refractivity contribution in [3.8, 4) is 11.5 Å². The van der Waals surface area contributed by atoms with Gasteiger partial charge in [0, 0.05) is 11.9 Å². The molecule has 0 radical (unpaired) electrons. The molecule has 3 rings (SSSR count). The molecule has 6 nitrogen and oxygen atoms in total. The molecule has 0 aliphatic heterocycles. The summed E-state index contributed by atoms with van der Waals surface area (Å²) in [5.74, 6) is 1.01. The van der Waals surface area contributed by atoms with Crippen molar-refractivity contribution in [2.24, 2.45) is 5.73 Å². The molecule has 27 heavy (non-hydrogen) atoms. The van der Waals surface area contributed by atoms with Crippen molar-refractivity contribution in [3.63, 3.8) is 0 Å². The van der Waals surface area contributed by atoms with Gasteiger partial charge in [-0.15, -0.1) is 0 Å². The fourth-order valence-corrected chi connectivity index (χ4v) is 3.03. The van der Waals surface area contributed by atoms with Crippen LogP contribution < -0.4 is 20.5 Å². The minimum absolute atomic E-state index is 0.00737. The van der Waals surface area contributed by atoms with Crippen molar-refractivity contribution in [1.29, 1.82) is 0 Å². The van der Waals surface area contributed by atoms with Crippen LogP contribution in [0.25, 0.3) is 11.0 Å². The first-order valence-electron chi connectivity index (χ1n) is 8.47. The predicted octanol–water partition coefficient (Wildman–Crippen LogP) is 3.81. The average molecular weight is 389 g/mol. The van der Waals surface area contributed by atoms with Crippen molar-refractivity contribution >= 4 is 28.5 Å². The smallest absolute Gasteiger partial charge is 0.255 e. The lowest BCUT2D eigenvalue weighted by Crippen LogP contribution is -2.20. The molecule has 0 saturated carbocycles. The number of carbonyl (C=O) groups is 1. The van der Waals surface area contributed by atoms with Gasteiger partial charge in [-0.25, -0.2) is 0 Å². The molecule has 1 amide bonds. The highest BCUT2D eigenvalue weighted by molar-refractivity contribution is 6.32. The third-order valence-electron chi connectivity index (χ3n) is 4.13. The van der Waals surface area contributed by atoms with Crippen LogP contribution in [0.3, 0.4) is 0 Å². The molecule has 1 unspecified atom stereocenters. The number of amides is 1. The summed E-state index contributed by atoms with van der Waals surface area (Å²) < 4.78 is 16.5. The maximum absolute atomic E-state index is 10.9. The number of furan rings is 1. The lowest BCUT2D eigenvalue weighted by atomic mass is 10.1. The van der Waals surface area contributed by atoms with Gasteiger partial charge in [0.15, 0.2) is 18.1 Å². The molecule has 0 aliphatic rings. The number of hydrogen-bond donors (Lipinski definition) is 2. The second-order valence-corrected chi connectivity index (χ2v) is 6.56. The number of fused-ring (bicyclic) bond motifs is 1. The van der Waals surface area contributed by atoms with E-state index in [0.29, 0.717) is 23.1 Å². The average Bonchev–Trinajstić information content (AvgIpc) is 3.08. The summed E-state index contributed by atoms with van der Waals surface area (Å²) in [7, 11) is 1.51. The standard InChI is InChI=1S/C20H21ClN2O4/c1-12(17-9-14-5-3-4-6-16(14)27-17)23-10-13-7-15(21)20(18(8-13)25-2)26-11-19(22)24/h3-9,12,23H,10-11H2,1-2H3,(H2,22,24). The van der Waals surface area contributed by atoms with E-state index in [9.17, 15) is 4.79 Å². The molecule has 0 spiro atoms. The third kappa shape index (κ3) is 4.53. The first-order valence-corrected chi connectivity index (χ1v) is 8.85. The van der Waals surface area contributed by atoms with Crippen LogP contribution in [0.15, 0.2) is 46.9 Å². The lowest BCUT2D eigenvalue weighted by molar-refractivity contribution is -0.119. The van der Waals surface area contributed by atoms with Crippen LogP contribution >= 0.6 is 11.6 Å². The zero-order chi connectivity index (χ0) is 19.4. The molecule has 7 heteroatoms. The minimum atomic E-state index is -0.585. The maximum Gasteiger partial charge on any atom is 0.255 e. The molecule has 0 aliphatic carbocycles. The van der Waals surface area contributed by atoms with Crippen LogP contribution in [0.4, 0.5) is 0 Å². The Kier molecular flexibility index (Phi) is 5.88. The second kappa shape index (κ2) is 8.33. The second-order valence-electron chi connectivity index (χ2n) is 6.15. The molecular weight excluding hydrogens is 368 g/mol. The number of primary amides is 1. The van der Waals surface area contributed by atoms with Gasteiger partial charge in [0.05, 0.1) is 18.2 Å². The number of hydrogen-bond acceptors (Lipinski definition) is 5. The number of para-hydroxylation sites is 1. The molecule has 1 atom stereocenters. The van der Waals surface area contributed by atoms with Crippen molar-refractivity contribution in [2.45, 2.75) is 19.5 Å². The van der Waals surface area contributed by atoms with Crippen molar-refractivity contribution in [1.82, 2.24) is 5.32 Å². The van der Waals surface area contributed by atoms with Gasteiger partial charge in [-0.05, 0) is 36.8 Å². The summed E-state index contributed by atoms with van der Waals surface area (Å²) in [5, 5.41) is 4.82. The fraction of sp³-hybridized carbons (Fsp3) is 0.250. The van der Waals surface area contributed by atoms with E-state index in [0.717, 1.165) is 22.3 Å².